The average Bonchev–Trinajstić information content (AvgIpc) is 2.68. The average molecular weight is 343 g/mol. The molecule has 0 aliphatic heterocycles. The summed E-state index contributed by atoms with van der Waals surface area (Å²) in [6.07, 6.45) is 27.9. The van der Waals surface area contributed by atoms with Crippen LogP contribution in [-0.2, 0) is 0 Å². The summed E-state index contributed by atoms with van der Waals surface area (Å²) >= 11 is 0. The molecule has 0 nitrogen and oxygen atoms in total. The minimum Gasteiger partial charge on any atom is -0.103 e. The predicted octanol–water partition coefficient (Wildman–Crippen LogP) is 7.95. The summed E-state index contributed by atoms with van der Waals surface area (Å²) in [5.74, 6) is 5.74. The molecule has 0 spiro atoms. The van der Waals surface area contributed by atoms with Crippen molar-refractivity contribution >= 4 is 0 Å². The van der Waals surface area contributed by atoms with Crippen molar-refractivity contribution in [1.82, 2.24) is 0 Å². The molecule has 142 valence electrons. The van der Waals surface area contributed by atoms with Gasteiger partial charge in [-0.2, -0.15) is 0 Å². The Bertz CT molecular complexity index is 396. The monoisotopic (exact) mass is 342 g/mol. The molecular weight excluding hydrogens is 300 g/mol. The topological polar surface area (TPSA) is 0 Å². The maximum atomic E-state index is 4.00. The maximum Gasteiger partial charge on any atom is -0.0233 e. The summed E-state index contributed by atoms with van der Waals surface area (Å²) in [4.78, 5) is 0. The van der Waals surface area contributed by atoms with Crippen molar-refractivity contribution in [3.05, 3.63) is 24.8 Å². The molecule has 0 bridgehead atoms. The Morgan fingerprint density at radius 3 is 1.52 bits per heavy atom. The highest BCUT2D eigenvalue weighted by Gasteiger charge is 2.29. The van der Waals surface area contributed by atoms with Crippen LogP contribution in [0.3, 0.4) is 0 Å². The van der Waals surface area contributed by atoms with Crippen molar-refractivity contribution in [2.45, 2.75) is 96.8 Å². The lowest BCUT2D eigenvalue weighted by atomic mass is 9.69. The van der Waals surface area contributed by atoms with Gasteiger partial charge in [-0.15, -0.1) is 6.58 Å². The van der Waals surface area contributed by atoms with E-state index in [1.165, 1.54) is 89.9 Å². The Labute approximate surface area is 157 Å². The van der Waals surface area contributed by atoms with Gasteiger partial charge in [0.05, 0.1) is 0 Å². The third-order valence-corrected chi connectivity index (χ3v) is 7.88. The number of hydrogen-bond acceptors (Lipinski definition) is 0. The first-order chi connectivity index (χ1) is 12.3. The predicted molar refractivity (Wildman–Crippen MR) is 111 cm³/mol. The lowest BCUT2D eigenvalue weighted by Gasteiger charge is -2.37. The minimum atomic E-state index is 0.822. The zero-order chi connectivity index (χ0) is 17.5. The molecule has 3 fully saturated rings. The van der Waals surface area contributed by atoms with Crippen LogP contribution in [0.2, 0.25) is 0 Å². The van der Waals surface area contributed by atoms with Gasteiger partial charge in [0.2, 0.25) is 0 Å². The highest BCUT2D eigenvalue weighted by atomic mass is 14.3. The van der Waals surface area contributed by atoms with Gasteiger partial charge in [0.1, 0.15) is 0 Å². The van der Waals surface area contributed by atoms with Gasteiger partial charge in [-0.05, 0) is 113 Å². The van der Waals surface area contributed by atoms with Gasteiger partial charge in [0, 0.05) is 0 Å². The molecule has 0 unspecified atom stereocenters. The third kappa shape index (κ3) is 5.73. The third-order valence-electron chi connectivity index (χ3n) is 7.88. The SMILES string of the molecule is C=CC1CCC(C2CCC(C=CC3CCC(CCC)CC3)CC2)CC1. The van der Waals surface area contributed by atoms with E-state index >= 15 is 0 Å². The largest absolute Gasteiger partial charge is 0.103 e. The van der Waals surface area contributed by atoms with Gasteiger partial charge in [0.15, 0.2) is 0 Å². The fourth-order valence-electron chi connectivity index (χ4n) is 6.05. The quantitative estimate of drug-likeness (QED) is 0.430. The van der Waals surface area contributed by atoms with Crippen molar-refractivity contribution in [2.75, 3.05) is 0 Å². The van der Waals surface area contributed by atoms with Crippen LogP contribution >= 0.6 is 0 Å². The molecule has 3 aliphatic carbocycles. The molecule has 0 aromatic carbocycles. The van der Waals surface area contributed by atoms with Gasteiger partial charge in [-0.3, -0.25) is 0 Å². The number of rotatable bonds is 6. The highest BCUT2D eigenvalue weighted by Crippen LogP contribution is 2.42. The van der Waals surface area contributed by atoms with Crippen LogP contribution in [0, 0.1) is 35.5 Å². The summed E-state index contributed by atoms with van der Waals surface area (Å²) in [6, 6.07) is 0. The summed E-state index contributed by atoms with van der Waals surface area (Å²) in [5.41, 5.74) is 0. The molecule has 0 amide bonds. The molecule has 0 N–H and O–H groups in total. The molecule has 0 aromatic rings. The molecule has 0 radical (unpaired) electrons. The molecule has 0 heteroatoms. The van der Waals surface area contributed by atoms with Gasteiger partial charge in [-0.25, -0.2) is 0 Å². The molecule has 0 heterocycles. The lowest BCUT2D eigenvalue weighted by Crippen LogP contribution is -2.25. The fourth-order valence-corrected chi connectivity index (χ4v) is 6.05. The van der Waals surface area contributed by atoms with Crippen LogP contribution in [0.1, 0.15) is 96.8 Å². The van der Waals surface area contributed by atoms with Crippen LogP contribution in [0.5, 0.6) is 0 Å². The molecule has 25 heavy (non-hydrogen) atoms. The van der Waals surface area contributed by atoms with E-state index in [9.17, 15) is 0 Å². The Kier molecular flexibility index (Phi) is 7.68. The normalized spacial score (nSPS) is 40.2. The first kappa shape index (κ1) is 19.2. The molecule has 3 saturated carbocycles. The zero-order valence-corrected chi connectivity index (χ0v) is 16.8. The Morgan fingerprint density at radius 1 is 0.640 bits per heavy atom. The Hall–Kier alpha value is -0.520. The second-order valence-corrected chi connectivity index (χ2v) is 9.54. The van der Waals surface area contributed by atoms with E-state index in [-0.39, 0.29) is 0 Å². The van der Waals surface area contributed by atoms with Crippen LogP contribution in [-0.4, -0.2) is 0 Å². The molecule has 0 saturated heterocycles. The van der Waals surface area contributed by atoms with E-state index in [2.05, 4.69) is 31.7 Å². The van der Waals surface area contributed by atoms with Crippen molar-refractivity contribution in [3.8, 4) is 0 Å². The summed E-state index contributed by atoms with van der Waals surface area (Å²) < 4.78 is 0. The zero-order valence-electron chi connectivity index (χ0n) is 16.8. The van der Waals surface area contributed by atoms with E-state index in [1.807, 2.05) is 0 Å². The van der Waals surface area contributed by atoms with Gasteiger partial charge in [-0.1, -0.05) is 38.0 Å². The highest BCUT2D eigenvalue weighted by molar-refractivity contribution is 4.97. The van der Waals surface area contributed by atoms with Gasteiger partial charge in [0.25, 0.3) is 0 Å². The van der Waals surface area contributed by atoms with Gasteiger partial charge < -0.3 is 0 Å². The number of hydrogen-bond donors (Lipinski definition) is 0. The molecule has 3 rings (SSSR count). The summed E-state index contributed by atoms with van der Waals surface area (Å²) in [7, 11) is 0. The Balaban J connectivity index is 1.35. The molecular formula is C25H42. The van der Waals surface area contributed by atoms with Crippen LogP contribution in [0.15, 0.2) is 24.8 Å². The van der Waals surface area contributed by atoms with Crippen LogP contribution in [0.25, 0.3) is 0 Å². The minimum absolute atomic E-state index is 0.822. The van der Waals surface area contributed by atoms with E-state index in [0.717, 1.165) is 35.5 Å². The summed E-state index contributed by atoms with van der Waals surface area (Å²) in [6.45, 7) is 6.34. The van der Waals surface area contributed by atoms with Crippen molar-refractivity contribution in [3.63, 3.8) is 0 Å². The van der Waals surface area contributed by atoms with E-state index in [0.29, 0.717) is 0 Å². The summed E-state index contributed by atoms with van der Waals surface area (Å²) in [5, 5.41) is 0. The molecule has 0 aromatic heterocycles. The van der Waals surface area contributed by atoms with Crippen LogP contribution in [0.4, 0.5) is 0 Å². The van der Waals surface area contributed by atoms with E-state index < -0.39 is 0 Å². The van der Waals surface area contributed by atoms with Crippen molar-refractivity contribution < 1.29 is 0 Å². The molecule has 3 aliphatic rings. The first-order valence-electron chi connectivity index (χ1n) is 11.6. The standard InChI is InChI=1S/C25H42/c1-3-5-21-6-8-22(9-7-21)10-11-23-14-18-25(19-15-23)24-16-12-20(4-2)13-17-24/h4,10-11,20-25H,2-3,5-9,12-19H2,1H3. The second-order valence-electron chi connectivity index (χ2n) is 9.54. The number of allylic oxidation sites excluding steroid dienone is 3. The molecule has 0 atom stereocenters. The smallest absolute Gasteiger partial charge is 0.0233 e. The Morgan fingerprint density at radius 2 is 1.08 bits per heavy atom. The van der Waals surface area contributed by atoms with E-state index in [4.69, 9.17) is 0 Å². The second kappa shape index (κ2) is 9.98. The first-order valence-corrected chi connectivity index (χ1v) is 11.6. The van der Waals surface area contributed by atoms with Crippen molar-refractivity contribution in [1.29, 1.82) is 0 Å². The lowest BCUT2D eigenvalue weighted by molar-refractivity contribution is 0.166. The van der Waals surface area contributed by atoms with Gasteiger partial charge >= 0.3 is 0 Å². The maximum absolute atomic E-state index is 4.00. The van der Waals surface area contributed by atoms with Crippen LogP contribution < -0.4 is 0 Å². The van der Waals surface area contributed by atoms with E-state index in [1.54, 1.807) is 0 Å². The van der Waals surface area contributed by atoms with Crippen molar-refractivity contribution in [2.24, 2.45) is 35.5 Å². The fraction of sp³-hybridized carbons (Fsp3) is 0.840.